The van der Waals surface area contributed by atoms with Crippen LogP contribution in [0.5, 0.6) is 0 Å². The highest BCUT2D eigenvalue weighted by atomic mass is 19.4. The molecule has 0 radical (unpaired) electrons. The lowest BCUT2D eigenvalue weighted by molar-refractivity contribution is -0.140. The number of likely N-dealkylation sites (N-methyl/N-ethyl adjacent to an activating group) is 1. The minimum Gasteiger partial charge on any atom is -0.377 e. The molecule has 0 aliphatic heterocycles. The third-order valence-electron chi connectivity index (χ3n) is 2.75. The van der Waals surface area contributed by atoms with Gasteiger partial charge in [0.15, 0.2) is 0 Å². The first kappa shape index (κ1) is 16.9. The van der Waals surface area contributed by atoms with E-state index in [1.807, 2.05) is 20.8 Å². The molecule has 0 fully saturated rings. The predicted octanol–water partition coefficient (Wildman–Crippen LogP) is 3.92. The molecule has 0 saturated heterocycles. The topological polar surface area (TPSA) is 21.3 Å². The van der Waals surface area contributed by atoms with E-state index in [1.54, 1.807) is 0 Å². The Morgan fingerprint density at radius 3 is 2.35 bits per heavy atom. The summed E-state index contributed by atoms with van der Waals surface area (Å²) >= 11 is 0. The molecule has 114 valence electrons. The maximum atomic E-state index is 13.6. The Labute approximate surface area is 116 Å². The van der Waals surface area contributed by atoms with Crippen molar-refractivity contribution in [3.63, 3.8) is 0 Å². The first-order valence-electron chi connectivity index (χ1n) is 6.47. The molecule has 1 unspecified atom stereocenters. The fourth-order valence-corrected chi connectivity index (χ4v) is 1.79. The summed E-state index contributed by atoms with van der Waals surface area (Å²) in [7, 11) is 0. The lowest BCUT2D eigenvalue weighted by atomic mass is 10.0. The molecule has 0 aliphatic rings. The molecule has 1 atom stereocenters. The number of nitrogens with one attached hydrogen (secondary N) is 1. The lowest BCUT2D eigenvalue weighted by Crippen LogP contribution is -2.27. The Kier molecular flexibility index (Phi) is 5.95. The van der Waals surface area contributed by atoms with E-state index in [1.165, 1.54) is 6.07 Å². The zero-order valence-corrected chi connectivity index (χ0v) is 11.7. The molecular formula is C14H19F4NO. The average Bonchev–Trinajstić information content (AvgIpc) is 2.32. The molecule has 0 aliphatic carbocycles. The van der Waals surface area contributed by atoms with Crippen LogP contribution >= 0.6 is 0 Å². The normalized spacial score (nSPS) is 13.8. The van der Waals surface area contributed by atoms with Crippen LogP contribution in [0.4, 0.5) is 17.6 Å². The van der Waals surface area contributed by atoms with Gasteiger partial charge >= 0.3 is 6.18 Å². The van der Waals surface area contributed by atoms with E-state index < -0.39 is 17.6 Å². The van der Waals surface area contributed by atoms with Gasteiger partial charge in [-0.25, -0.2) is 4.39 Å². The van der Waals surface area contributed by atoms with Crippen molar-refractivity contribution < 1.29 is 22.3 Å². The second-order valence-corrected chi connectivity index (χ2v) is 4.73. The number of rotatable bonds is 6. The Morgan fingerprint density at radius 1 is 1.25 bits per heavy atom. The molecular weight excluding hydrogens is 274 g/mol. The first-order valence-corrected chi connectivity index (χ1v) is 6.47. The van der Waals surface area contributed by atoms with Gasteiger partial charge in [0.05, 0.1) is 24.3 Å². The van der Waals surface area contributed by atoms with Gasteiger partial charge in [-0.3, -0.25) is 0 Å². The molecule has 0 aromatic heterocycles. The number of halogens is 4. The molecule has 1 rings (SSSR count). The van der Waals surface area contributed by atoms with Crippen molar-refractivity contribution in [2.45, 2.75) is 39.1 Å². The summed E-state index contributed by atoms with van der Waals surface area (Å²) in [6, 6.07) is 2.63. The van der Waals surface area contributed by atoms with Crippen molar-refractivity contribution in [1.82, 2.24) is 5.32 Å². The summed E-state index contributed by atoms with van der Waals surface area (Å²) in [5.74, 6) is -1.26. The molecule has 1 aromatic carbocycles. The first-order chi connectivity index (χ1) is 9.25. The van der Waals surface area contributed by atoms with Crippen LogP contribution in [0.15, 0.2) is 18.2 Å². The number of ether oxygens (including phenoxy) is 1. The van der Waals surface area contributed by atoms with Crippen LogP contribution in [0, 0.1) is 5.82 Å². The van der Waals surface area contributed by atoms with E-state index in [-0.39, 0.29) is 18.8 Å². The van der Waals surface area contributed by atoms with E-state index in [0.717, 1.165) is 12.1 Å². The van der Waals surface area contributed by atoms with Crippen LogP contribution in [-0.4, -0.2) is 19.3 Å². The summed E-state index contributed by atoms with van der Waals surface area (Å²) < 4.78 is 56.5. The third kappa shape index (κ3) is 4.76. The van der Waals surface area contributed by atoms with Gasteiger partial charge in [-0.15, -0.1) is 0 Å². The van der Waals surface area contributed by atoms with E-state index in [2.05, 4.69) is 5.32 Å². The lowest BCUT2D eigenvalue weighted by Gasteiger charge is -2.20. The van der Waals surface area contributed by atoms with Crippen molar-refractivity contribution in [2.24, 2.45) is 0 Å². The predicted molar refractivity (Wildman–Crippen MR) is 68.9 cm³/mol. The summed E-state index contributed by atoms with van der Waals surface area (Å²) in [6.07, 6.45) is -4.68. The molecule has 1 aromatic rings. The smallest absolute Gasteiger partial charge is 0.377 e. The molecule has 0 spiro atoms. The van der Waals surface area contributed by atoms with E-state index in [0.29, 0.717) is 12.1 Å². The maximum absolute atomic E-state index is 13.6. The fourth-order valence-electron chi connectivity index (χ4n) is 1.79. The average molecular weight is 293 g/mol. The third-order valence-corrected chi connectivity index (χ3v) is 2.75. The molecule has 6 heteroatoms. The number of benzene rings is 1. The minimum atomic E-state index is -4.68. The highest BCUT2D eigenvalue weighted by molar-refractivity contribution is 5.28. The molecule has 0 amide bonds. The Balaban J connectivity index is 2.95. The van der Waals surface area contributed by atoms with Gasteiger partial charge < -0.3 is 10.1 Å². The monoisotopic (exact) mass is 293 g/mol. The van der Waals surface area contributed by atoms with Crippen molar-refractivity contribution in [2.75, 3.05) is 13.2 Å². The van der Waals surface area contributed by atoms with Gasteiger partial charge in [-0.2, -0.15) is 13.2 Å². The summed E-state index contributed by atoms with van der Waals surface area (Å²) in [6.45, 7) is 6.46. The quantitative estimate of drug-likeness (QED) is 0.803. The highest BCUT2D eigenvalue weighted by Gasteiger charge is 2.34. The molecule has 1 N–H and O–H groups in total. The molecule has 0 heterocycles. The Bertz CT molecular complexity index is 432. The SMILES string of the molecule is CCNC(COC(C)C)c1ccc(C(F)(F)F)c(F)c1. The van der Waals surface area contributed by atoms with Gasteiger partial charge in [-0.05, 0) is 38.1 Å². The maximum Gasteiger partial charge on any atom is 0.419 e. The van der Waals surface area contributed by atoms with Crippen LogP contribution in [0.25, 0.3) is 0 Å². The van der Waals surface area contributed by atoms with Gasteiger partial charge in [0.2, 0.25) is 0 Å². The number of hydrogen-bond donors (Lipinski definition) is 1. The van der Waals surface area contributed by atoms with Crippen LogP contribution in [-0.2, 0) is 10.9 Å². The fraction of sp³-hybridized carbons (Fsp3) is 0.571. The molecule has 0 bridgehead atoms. The largest absolute Gasteiger partial charge is 0.419 e. The van der Waals surface area contributed by atoms with E-state index in [9.17, 15) is 17.6 Å². The van der Waals surface area contributed by atoms with E-state index in [4.69, 9.17) is 4.74 Å². The zero-order chi connectivity index (χ0) is 15.3. The minimum absolute atomic E-state index is 0.00421. The van der Waals surface area contributed by atoms with Crippen molar-refractivity contribution in [3.8, 4) is 0 Å². The molecule has 0 saturated carbocycles. The molecule has 20 heavy (non-hydrogen) atoms. The Morgan fingerprint density at radius 2 is 1.90 bits per heavy atom. The van der Waals surface area contributed by atoms with Crippen molar-refractivity contribution in [3.05, 3.63) is 35.1 Å². The number of alkyl halides is 3. The second-order valence-electron chi connectivity index (χ2n) is 4.73. The van der Waals surface area contributed by atoms with Gasteiger partial charge in [-0.1, -0.05) is 13.0 Å². The Hall–Kier alpha value is -1.14. The zero-order valence-electron chi connectivity index (χ0n) is 11.7. The van der Waals surface area contributed by atoms with Crippen molar-refractivity contribution in [1.29, 1.82) is 0 Å². The van der Waals surface area contributed by atoms with Crippen LogP contribution < -0.4 is 5.32 Å². The van der Waals surface area contributed by atoms with Gasteiger partial charge in [0.1, 0.15) is 5.82 Å². The van der Waals surface area contributed by atoms with Crippen LogP contribution in [0.1, 0.15) is 37.9 Å². The van der Waals surface area contributed by atoms with Crippen molar-refractivity contribution >= 4 is 0 Å². The summed E-state index contributed by atoms with van der Waals surface area (Å²) in [5, 5.41) is 3.07. The van der Waals surface area contributed by atoms with Gasteiger partial charge in [0.25, 0.3) is 0 Å². The second kappa shape index (κ2) is 7.04. The highest BCUT2D eigenvalue weighted by Crippen LogP contribution is 2.32. The number of hydrogen-bond acceptors (Lipinski definition) is 2. The summed E-state index contributed by atoms with van der Waals surface area (Å²) in [5.41, 5.74) is -0.806. The van der Waals surface area contributed by atoms with Crippen LogP contribution in [0.2, 0.25) is 0 Å². The summed E-state index contributed by atoms with van der Waals surface area (Å²) in [4.78, 5) is 0. The molecule has 2 nitrogen and oxygen atoms in total. The van der Waals surface area contributed by atoms with Gasteiger partial charge in [0, 0.05) is 0 Å². The van der Waals surface area contributed by atoms with E-state index >= 15 is 0 Å². The van der Waals surface area contributed by atoms with Crippen LogP contribution in [0.3, 0.4) is 0 Å². The standard InChI is InChI=1S/C14H19F4NO/c1-4-19-13(8-20-9(2)3)10-5-6-11(12(15)7-10)14(16,17)18/h5-7,9,13,19H,4,8H2,1-3H3.